The van der Waals surface area contributed by atoms with E-state index in [0.29, 0.717) is 27.9 Å². The summed E-state index contributed by atoms with van der Waals surface area (Å²) in [5.74, 6) is -0.960. The number of hydrogen-bond donors (Lipinski definition) is 1. The van der Waals surface area contributed by atoms with Gasteiger partial charge in [0.2, 0.25) is 0 Å². The van der Waals surface area contributed by atoms with Crippen LogP contribution in [-0.4, -0.2) is 28.3 Å². The third-order valence-electron chi connectivity index (χ3n) is 4.93. The van der Waals surface area contributed by atoms with Gasteiger partial charge in [-0.05, 0) is 62.2 Å². The fourth-order valence-corrected chi connectivity index (χ4v) is 3.37. The number of hydrogen-bond acceptors (Lipinski definition) is 4. The van der Waals surface area contributed by atoms with Gasteiger partial charge in [0.15, 0.2) is 5.69 Å². The maximum absolute atomic E-state index is 13.2. The number of aryl methyl sites for hydroxylation is 3. The molecule has 1 heterocycles. The van der Waals surface area contributed by atoms with Crippen LogP contribution in [0, 0.1) is 13.8 Å². The number of ether oxygens (including phenoxy) is 1. The molecule has 3 rings (SSSR count). The topological polar surface area (TPSA) is 73.2 Å². The summed E-state index contributed by atoms with van der Waals surface area (Å²) in [6.07, 6.45) is -4.60. The van der Waals surface area contributed by atoms with Crippen LogP contribution in [0.25, 0.3) is 11.3 Å². The van der Waals surface area contributed by atoms with E-state index in [4.69, 9.17) is 4.74 Å². The molecule has 1 amide bonds. The zero-order chi connectivity index (χ0) is 23.6. The van der Waals surface area contributed by atoms with Crippen LogP contribution in [0.1, 0.15) is 44.5 Å². The van der Waals surface area contributed by atoms with Gasteiger partial charge in [-0.1, -0.05) is 12.1 Å². The molecule has 0 aliphatic carbocycles. The van der Waals surface area contributed by atoms with Crippen LogP contribution < -0.4 is 5.32 Å². The number of nitrogens with zero attached hydrogens (tertiary/aromatic N) is 2. The standard InChI is InChI=1S/C23H22F3N3O3/c1-5-32-22(31)15-8-10-16(11-9-15)27-21(30)20-14(3)7-6-13(2)19(20)17-12-18(23(24,25)26)28-29(17)4/h6-12H,5H2,1-4H3,(H,27,30). The van der Waals surface area contributed by atoms with Gasteiger partial charge in [-0.25, -0.2) is 4.79 Å². The summed E-state index contributed by atoms with van der Waals surface area (Å²) in [6, 6.07) is 10.6. The van der Waals surface area contributed by atoms with Crippen LogP contribution in [0.3, 0.4) is 0 Å². The smallest absolute Gasteiger partial charge is 0.435 e. The third kappa shape index (κ3) is 4.66. The second kappa shape index (κ2) is 8.86. The van der Waals surface area contributed by atoms with Crippen molar-refractivity contribution in [3.8, 4) is 11.3 Å². The number of nitrogens with one attached hydrogen (secondary N) is 1. The fourth-order valence-electron chi connectivity index (χ4n) is 3.37. The Bertz CT molecular complexity index is 1170. The number of aromatic nitrogens is 2. The summed E-state index contributed by atoms with van der Waals surface area (Å²) in [7, 11) is 1.40. The van der Waals surface area contributed by atoms with Gasteiger partial charge >= 0.3 is 12.1 Å². The minimum Gasteiger partial charge on any atom is -0.462 e. The van der Waals surface area contributed by atoms with Gasteiger partial charge in [0.25, 0.3) is 5.91 Å². The highest BCUT2D eigenvalue weighted by Gasteiger charge is 2.35. The van der Waals surface area contributed by atoms with E-state index in [2.05, 4.69) is 10.4 Å². The Kier molecular flexibility index (Phi) is 6.38. The summed E-state index contributed by atoms with van der Waals surface area (Å²) in [5.41, 5.74) is 1.77. The first-order valence-corrected chi connectivity index (χ1v) is 9.83. The lowest BCUT2D eigenvalue weighted by atomic mass is 9.94. The lowest BCUT2D eigenvalue weighted by Gasteiger charge is -2.16. The van der Waals surface area contributed by atoms with Gasteiger partial charge in [0.05, 0.1) is 23.4 Å². The molecule has 0 aliphatic rings. The first-order valence-electron chi connectivity index (χ1n) is 9.83. The molecule has 168 valence electrons. The van der Waals surface area contributed by atoms with Crippen molar-refractivity contribution < 1.29 is 27.5 Å². The second-order valence-electron chi connectivity index (χ2n) is 7.24. The summed E-state index contributed by atoms with van der Waals surface area (Å²) in [6.45, 7) is 5.38. The molecule has 0 fully saturated rings. The molecule has 0 aliphatic heterocycles. The number of esters is 1. The van der Waals surface area contributed by atoms with Gasteiger partial charge in [-0.15, -0.1) is 0 Å². The molecule has 0 spiro atoms. The normalized spacial score (nSPS) is 11.3. The van der Waals surface area contributed by atoms with Gasteiger partial charge in [0.1, 0.15) is 0 Å². The van der Waals surface area contributed by atoms with Crippen molar-refractivity contribution in [2.75, 3.05) is 11.9 Å². The lowest BCUT2D eigenvalue weighted by molar-refractivity contribution is -0.141. The molecule has 1 N–H and O–H groups in total. The number of alkyl halides is 3. The van der Waals surface area contributed by atoms with Crippen LogP contribution in [0.5, 0.6) is 0 Å². The van der Waals surface area contributed by atoms with Gasteiger partial charge < -0.3 is 10.1 Å². The highest BCUT2D eigenvalue weighted by Crippen LogP contribution is 2.35. The molecule has 1 aromatic heterocycles. The molecule has 2 aromatic carbocycles. The molecule has 0 unspecified atom stereocenters. The number of carbonyl (C=O) groups excluding carboxylic acids is 2. The Labute approximate surface area is 183 Å². The Morgan fingerprint density at radius 2 is 1.69 bits per heavy atom. The number of amides is 1. The van der Waals surface area contributed by atoms with Crippen molar-refractivity contribution in [3.63, 3.8) is 0 Å². The van der Waals surface area contributed by atoms with Crippen molar-refractivity contribution in [1.29, 1.82) is 0 Å². The van der Waals surface area contributed by atoms with Gasteiger partial charge in [-0.2, -0.15) is 18.3 Å². The van der Waals surface area contributed by atoms with Crippen LogP contribution in [0.2, 0.25) is 0 Å². The van der Waals surface area contributed by atoms with E-state index in [1.165, 1.54) is 19.2 Å². The van der Waals surface area contributed by atoms with Crippen LogP contribution in [0.4, 0.5) is 18.9 Å². The Balaban J connectivity index is 1.99. The highest BCUT2D eigenvalue weighted by atomic mass is 19.4. The number of anilines is 1. The van der Waals surface area contributed by atoms with Gasteiger partial charge in [0, 0.05) is 18.3 Å². The monoisotopic (exact) mass is 445 g/mol. The molecule has 0 radical (unpaired) electrons. The summed E-state index contributed by atoms with van der Waals surface area (Å²) >= 11 is 0. The van der Waals surface area contributed by atoms with Crippen molar-refractivity contribution in [3.05, 3.63) is 70.4 Å². The molecule has 6 nitrogen and oxygen atoms in total. The average Bonchev–Trinajstić information content (AvgIpc) is 3.12. The fraction of sp³-hybridized carbons (Fsp3) is 0.261. The molecule has 0 atom stereocenters. The number of rotatable bonds is 5. The van der Waals surface area contributed by atoms with Crippen molar-refractivity contribution >= 4 is 17.6 Å². The SMILES string of the molecule is CCOC(=O)c1ccc(NC(=O)c2c(C)ccc(C)c2-c2cc(C(F)(F)F)nn2C)cc1. The Morgan fingerprint density at radius 1 is 1.06 bits per heavy atom. The summed E-state index contributed by atoms with van der Waals surface area (Å²) < 4.78 is 45.6. The number of benzene rings is 2. The van der Waals surface area contributed by atoms with E-state index < -0.39 is 23.7 Å². The van der Waals surface area contributed by atoms with E-state index in [0.717, 1.165) is 10.7 Å². The highest BCUT2D eigenvalue weighted by molar-refractivity contribution is 6.10. The van der Waals surface area contributed by atoms with Crippen LogP contribution in [0.15, 0.2) is 42.5 Å². The first kappa shape index (κ1) is 23.1. The molecule has 3 aromatic rings. The predicted octanol–water partition coefficient (Wildman–Crippen LogP) is 5.15. The minimum absolute atomic E-state index is 0.182. The van der Waals surface area contributed by atoms with Crippen LogP contribution in [-0.2, 0) is 18.0 Å². The van der Waals surface area contributed by atoms with E-state index in [-0.39, 0.29) is 17.9 Å². The predicted molar refractivity (Wildman–Crippen MR) is 113 cm³/mol. The Hall–Kier alpha value is -3.62. The maximum Gasteiger partial charge on any atom is 0.435 e. The van der Waals surface area contributed by atoms with Crippen molar-refractivity contribution in [1.82, 2.24) is 9.78 Å². The average molecular weight is 445 g/mol. The van der Waals surface area contributed by atoms with Gasteiger partial charge in [-0.3, -0.25) is 9.48 Å². The number of halogens is 3. The quantitative estimate of drug-likeness (QED) is 0.551. The molecule has 32 heavy (non-hydrogen) atoms. The molecule has 0 saturated carbocycles. The van der Waals surface area contributed by atoms with E-state index in [1.54, 1.807) is 45.0 Å². The van der Waals surface area contributed by atoms with Crippen molar-refractivity contribution in [2.45, 2.75) is 26.9 Å². The third-order valence-corrected chi connectivity index (χ3v) is 4.93. The second-order valence-corrected chi connectivity index (χ2v) is 7.24. The lowest BCUT2D eigenvalue weighted by Crippen LogP contribution is -2.16. The van der Waals surface area contributed by atoms with Crippen molar-refractivity contribution in [2.24, 2.45) is 7.05 Å². The molecular weight excluding hydrogens is 423 g/mol. The zero-order valence-electron chi connectivity index (χ0n) is 18.0. The van der Waals surface area contributed by atoms with Crippen LogP contribution >= 0.6 is 0 Å². The maximum atomic E-state index is 13.2. The summed E-state index contributed by atoms with van der Waals surface area (Å²) in [5, 5.41) is 6.32. The molecule has 9 heteroatoms. The summed E-state index contributed by atoms with van der Waals surface area (Å²) in [4.78, 5) is 25.0. The first-order chi connectivity index (χ1) is 15.0. The van der Waals surface area contributed by atoms with E-state index in [9.17, 15) is 22.8 Å². The minimum atomic E-state index is -4.60. The Morgan fingerprint density at radius 3 is 2.25 bits per heavy atom. The van der Waals surface area contributed by atoms with E-state index >= 15 is 0 Å². The zero-order valence-corrected chi connectivity index (χ0v) is 18.0. The largest absolute Gasteiger partial charge is 0.462 e. The van der Waals surface area contributed by atoms with E-state index in [1.807, 2.05) is 0 Å². The molecule has 0 saturated heterocycles. The number of carbonyl (C=O) groups is 2. The molecular formula is C23H22F3N3O3. The molecule has 0 bridgehead atoms.